The van der Waals surface area contributed by atoms with Gasteiger partial charge in [-0.15, -0.1) is 0 Å². The van der Waals surface area contributed by atoms with E-state index in [9.17, 15) is 9.18 Å². The lowest BCUT2D eigenvalue weighted by atomic mass is 10.3. The quantitative estimate of drug-likeness (QED) is 0.619. The molecule has 0 aliphatic carbocycles. The van der Waals surface area contributed by atoms with Crippen LogP contribution in [0, 0.1) is 5.82 Å². The lowest BCUT2D eigenvalue weighted by Crippen LogP contribution is -2.14. The van der Waals surface area contributed by atoms with Crippen molar-refractivity contribution < 1.29 is 18.7 Å². The highest BCUT2D eigenvalue weighted by Gasteiger charge is 2.08. The van der Waals surface area contributed by atoms with Gasteiger partial charge in [-0.2, -0.15) is 0 Å². The molecule has 0 aliphatic heterocycles. The minimum atomic E-state index is -0.631. The largest absolute Gasteiger partial charge is 0.422 e. The van der Waals surface area contributed by atoms with Crippen LogP contribution in [0.5, 0.6) is 5.75 Å². The van der Waals surface area contributed by atoms with Gasteiger partial charge in [-0.3, -0.25) is 0 Å². The third kappa shape index (κ3) is 3.08. The van der Waals surface area contributed by atoms with E-state index < -0.39 is 11.8 Å². The summed E-state index contributed by atoms with van der Waals surface area (Å²) < 4.78 is 22.9. The first-order chi connectivity index (χ1) is 6.63. The van der Waals surface area contributed by atoms with Crippen LogP contribution in [0.3, 0.4) is 0 Å². The summed E-state index contributed by atoms with van der Waals surface area (Å²) in [7, 11) is 1.36. The first-order valence-corrected chi connectivity index (χ1v) is 4.57. The third-order valence-corrected chi connectivity index (χ3v) is 1.87. The summed E-state index contributed by atoms with van der Waals surface area (Å²) in [5.74, 6) is -1.33. The zero-order valence-corrected chi connectivity index (χ0v) is 9.01. The molecule has 0 spiro atoms. The molecule has 1 aromatic rings. The maximum Gasteiger partial charge on any atom is 0.337 e. The van der Waals surface area contributed by atoms with Gasteiger partial charge in [0.2, 0.25) is 0 Å². The molecule has 5 heteroatoms. The first kappa shape index (κ1) is 11.1. The maximum absolute atomic E-state index is 13.1. The van der Waals surface area contributed by atoms with E-state index in [1.54, 1.807) is 6.07 Å². The molecule has 1 rings (SSSR count). The molecule has 0 fully saturated rings. The molecule has 0 saturated heterocycles. The topological polar surface area (TPSA) is 35.5 Å². The SMILES string of the molecule is COCC(=O)Oc1ccc(Br)cc1F. The minimum Gasteiger partial charge on any atom is -0.422 e. The van der Waals surface area contributed by atoms with Gasteiger partial charge in [0.05, 0.1) is 0 Å². The fraction of sp³-hybridized carbons (Fsp3) is 0.222. The summed E-state index contributed by atoms with van der Waals surface area (Å²) in [5, 5.41) is 0. The molecule has 0 atom stereocenters. The van der Waals surface area contributed by atoms with Crippen molar-refractivity contribution in [3.63, 3.8) is 0 Å². The number of carbonyl (C=O) groups is 1. The van der Waals surface area contributed by atoms with Crippen LogP contribution in [0.15, 0.2) is 22.7 Å². The van der Waals surface area contributed by atoms with Crippen molar-refractivity contribution in [1.29, 1.82) is 0 Å². The van der Waals surface area contributed by atoms with Crippen molar-refractivity contribution in [3.8, 4) is 5.75 Å². The molecule has 0 aliphatic rings. The van der Waals surface area contributed by atoms with E-state index in [0.29, 0.717) is 4.47 Å². The summed E-state index contributed by atoms with van der Waals surface area (Å²) in [5.41, 5.74) is 0. The molecule has 0 bridgehead atoms. The van der Waals surface area contributed by atoms with Crippen LogP contribution in [0.4, 0.5) is 4.39 Å². The van der Waals surface area contributed by atoms with E-state index in [1.165, 1.54) is 19.2 Å². The Morgan fingerprint density at radius 3 is 2.86 bits per heavy atom. The Kier molecular flexibility index (Phi) is 4.03. The first-order valence-electron chi connectivity index (χ1n) is 3.78. The molecule has 76 valence electrons. The van der Waals surface area contributed by atoms with Gasteiger partial charge in [0, 0.05) is 11.6 Å². The minimum absolute atomic E-state index is 0.102. The van der Waals surface area contributed by atoms with Crippen molar-refractivity contribution in [2.75, 3.05) is 13.7 Å². The highest BCUT2D eigenvalue weighted by atomic mass is 79.9. The summed E-state index contributed by atoms with van der Waals surface area (Å²) in [6, 6.07) is 4.17. The number of hydrogen-bond acceptors (Lipinski definition) is 3. The van der Waals surface area contributed by atoms with Gasteiger partial charge in [-0.05, 0) is 18.2 Å². The lowest BCUT2D eigenvalue weighted by Gasteiger charge is -2.04. The molecule has 0 unspecified atom stereocenters. The average molecular weight is 263 g/mol. The number of halogens is 2. The second-order valence-electron chi connectivity index (χ2n) is 2.48. The van der Waals surface area contributed by atoms with Gasteiger partial charge >= 0.3 is 5.97 Å². The van der Waals surface area contributed by atoms with E-state index in [0.717, 1.165) is 0 Å². The van der Waals surface area contributed by atoms with Gasteiger partial charge in [0.25, 0.3) is 0 Å². The van der Waals surface area contributed by atoms with Gasteiger partial charge in [0.15, 0.2) is 11.6 Å². The Labute approximate surface area is 88.9 Å². The molecular formula is C9H8BrFO3. The predicted molar refractivity (Wildman–Crippen MR) is 51.6 cm³/mol. The smallest absolute Gasteiger partial charge is 0.337 e. The summed E-state index contributed by atoms with van der Waals surface area (Å²) in [6.07, 6.45) is 0. The van der Waals surface area contributed by atoms with Crippen molar-refractivity contribution in [2.24, 2.45) is 0 Å². The second-order valence-corrected chi connectivity index (χ2v) is 3.40. The van der Waals surface area contributed by atoms with Crippen LogP contribution in [0.25, 0.3) is 0 Å². The van der Waals surface area contributed by atoms with Crippen LogP contribution >= 0.6 is 15.9 Å². The Hall–Kier alpha value is -0.940. The fourth-order valence-corrected chi connectivity index (χ4v) is 1.16. The average Bonchev–Trinajstić information content (AvgIpc) is 2.10. The summed E-state index contributed by atoms with van der Waals surface area (Å²) >= 11 is 3.09. The van der Waals surface area contributed by atoms with Crippen LogP contribution in [-0.2, 0) is 9.53 Å². The third-order valence-electron chi connectivity index (χ3n) is 1.38. The Bertz CT molecular complexity index is 341. The second kappa shape index (κ2) is 5.07. The van der Waals surface area contributed by atoms with Crippen LogP contribution in [-0.4, -0.2) is 19.7 Å². The van der Waals surface area contributed by atoms with E-state index in [4.69, 9.17) is 0 Å². The summed E-state index contributed by atoms with van der Waals surface area (Å²) in [4.78, 5) is 10.9. The molecule has 1 aromatic carbocycles. The van der Waals surface area contributed by atoms with Gasteiger partial charge in [-0.25, -0.2) is 9.18 Å². The van der Waals surface area contributed by atoms with E-state index >= 15 is 0 Å². The normalized spacial score (nSPS) is 9.93. The number of ether oxygens (including phenoxy) is 2. The Balaban J connectivity index is 2.72. The molecule has 0 amide bonds. The monoisotopic (exact) mass is 262 g/mol. The molecule has 0 saturated carbocycles. The van der Waals surface area contributed by atoms with Crippen molar-refractivity contribution in [3.05, 3.63) is 28.5 Å². The number of benzene rings is 1. The predicted octanol–water partition coefficient (Wildman–Crippen LogP) is 2.14. The molecule has 3 nitrogen and oxygen atoms in total. The molecular weight excluding hydrogens is 255 g/mol. The van der Waals surface area contributed by atoms with Crippen LogP contribution < -0.4 is 4.74 Å². The number of hydrogen-bond donors (Lipinski definition) is 0. The highest BCUT2D eigenvalue weighted by molar-refractivity contribution is 9.10. The Morgan fingerprint density at radius 1 is 1.57 bits per heavy atom. The molecule has 0 aromatic heterocycles. The zero-order chi connectivity index (χ0) is 10.6. The molecule has 0 radical (unpaired) electrons. The van der Waals surface area contributed by atoms with Gasteiger partial charge < -0.3 is 9.47 Å². The zero-order valence-electron chi connectivity index (χ0n) is 7.42. The standard InChI is InChI=1S/C9H8BrFO3/c1-13-5-9(12)14-8-3-2-6(10)4-7(8)11/h2-4H,5H2,1H3. The fourth-order valence-electron chi connectivity index (χ4n) is 0.828. The van der Waals surface area contributed by atoms with E-state index in [1.807, 2.05) is 0 Å². The van der Waals surface area contributed by atoms with Crippen molar-refractivity contribution in [2.45, 2.75) is 0 Å². The van der Waals surface area contributed by atoms with Gasteiger partial charge in [-0.1, -0.05) is 15.9 Å². The Morgan fingerprint density at radius 2 is 2.29 bits per heavy atom. The van der Waals surface area contributed by atoms with Gasteiger partial charge in [0.1, 0.15) is 6.61 Å². The number of esters is 1. The van der Waals surface area contributed by atoms with Crippen molar-refractivity contribution in [1.82, 2.24) is 0 Å². The number of rotatable bonds is 3. The number of carbonyl (C=O) groups excluding carboxylic acids is 1. The molecule has 14 heavy (non-hydrogen) atoms. The maximum atomic E-state index is 13.1. The highest BCUT2D eigenvalue weighted by Crippen LogP contribution is 2.21. The van der Waals surface area contributed by atoms with Crippen LogP contribution in [0.1, 0.15) is 0 Å². The summed E-state index contributed by atoms with van der Waals surface area (Å²) in [6.45, 7) is -0.199. The van der Waals surface area contributed by atoms with E-state index in [2.05, 4.69) is 25.4 Å². The molecule has 0 heterocycles. The lowest BCUT2D eigenvalue weighted by molar-refractivity contribution is -0.138. The molecule has 0 N–H and O–H groups in total. The number of methoxy groups -OCH3 is 1. The van der Waals surface area contributed by atoms with Crippen molar-refractivity contribution >= 4 is 21.9 Å². The van der Waals surface area contributed by atoms with E-state index in [-0.39, 0.29) is 12.4 Å². The van der Waals surface area contributed by atoms with Crippen LogP contribution in [0.2, 0.25) is 0 Å².